The molecule has 0 N–H and O–H groups in total. The number of nitrogens with zero attached hydrogens (tertiary/aromatic N) is 2. The monoisotopic (exact) mass is 239 g/mol. The van der Waals surface area contributed by atoms with Gasteiger partial charge in [-0.15, -0.1) is 12.4 Å². The quantitative estimate of drug-likeness (QED) is 0.644. The lowest BCUT2D eigenvalue weighted by molar-refractivity contribution is 0.0164. The second-order valence-corrected chi connectivity index (χ2v) is 4.45. The second-order valence-electron chi connectivity index (χ2n) is 4.45. The topological polar surface area (TPSA) is 32.8 Å². The van der Waals surface area contributed by atoms with Gasteiger partial charge in [0.05, 0.1) is 0 Å². The Morgan fingerprint density at radius 1 is 1.27 bits per heavy atom. The average Bonchev–Trinajstić information content (AvgIpc) is 2.14. The molecule has 1 aliphatic rings. The zero-order valence-corrected chi connectivity index (χ0v) is 10.3. The van der Waals surface area contributed by atoms with Gasteiger partial charge in [0.25, 0.3) is 0 Å². The zero-order valence-electron chi connectivity index (χ0n) is 12.4. The first-order valence-electron chi connectivity index (χ1n) is 6.32. The van der Waals surface area contributed by atoms with E-state index < -0.39 is 12.6 Å². The summed E-state index contributed by atoms with van der Waals surface area (Å²) in [5.74, 6) is 0. The van der Waals surface area contributed by atoms with Crippen molar-refractivity contribution in [2.75, 3.05) is 33.2 Å². The molecule has 1 saturated heterocycles. The smallest absolute Gasteiger partial charge is 0.410 e. The summed E-state index contributed by atoms with van der Waals surface area (Å²) in [6.07, 6.45) is -0.373. The number of ether oxygens (including phenoxy) is 1. The molecule has 15 heavy (non-hydrogen) atoms. The molecule has 0 atom stereocenters. The maximum Gasteiger partial charge on any atom is 0.410 e. The van der Waals surface area contributed by atoms with Crippen molar-refractivity contribution in [2.45, 2.75) is 26.4 Å². The summed E-state index contributed by atoms with van der Waals surface area (Å²) in [4.78, 5) is 14.7. The molecule has 0 aromatic carbocycles. The normalized spacial score (nSPS) is 22.1. The summed E-state index contributed by atoms with van der Waals surface area (Å²) in [5.41, 5.74) is -0.516. The lowest BCUT2D eigenvalue weighted by atomic mass is 10.2. The van der Waals surface area contributed by atoms with E-state index in [1.165, 1.54) is 4.90 Å². The molecule has 0 aromatic rings. The van der Waals surface area contributed by atoms with Gasteiger partial charge in [0, 0.05) is 30.3 Å². The zero-order chi connectivity index (χ0) is 13.3. The molecule has 1 heterocycles. The minimum absolute atomic E-state index is 0. The molecular formula is C10H21ClN2O2. The molecule has 4 nitrogen and oxygen atoms in total. The number of piperazine rings is 1. The number of likely N-dealkylation sites (N-methyl/N-ethyl adjacent to an activating group) is 1. The lowest BCUT2D eigenvalue weighted by Gasteiger charge is -2.33. The molecule has 1 amide bonds. The van der Waals surface area contributed by atoms with Gasteiger partial charge < -0.3 is 14.5 Å². The number of hydrogen-bond donors (Lipinski definition) is 0. The maximum absolute atomic E-state index is 11.7. The van der Waals surface area contributed by atoms with E-state index in [1.807, 2.05) is 20.8 Å². The van der Waals surface area contributed by atoms with Crippen molar-refractivity contribution in [1.29, 1.82) is 0 Å². The lowest BCUT2D eigenvalue weighted by Crippen LogP contribution is -2.48. The third-order valence-corrected chi connectivity index (χ3v) is 1.93. The number of hydrogen-bond acceptors (Lipinski definition) is 3. The van der Waals surface area contributed by atoms with Crippen LogP contribution in [-0.2, 0) is 4.74 Å². The van der Waals surface area contributed by atoms with Crippen LogP contribution >= 0.6 is 12.4 Å². The molecule has 5 heteroatoms. The van der Waals surface area contributed by atoms with Crippen molar-refractivity contribution >= 4 is 18.5 Å². The van der Waals surface area contributed by atoms with Crippen LogP contribution in [0.1, 0.15) is 24.9 Å². The van der Waals surface area contributed by atoms with Gasteiger partial charge in [-0.1, -0.05) is 0 Å². The highest BCUT2D eigenvalue weighted by Crippen LogP contribution is 2.11. The standard InChI is InChI=1S/C10H20N2O2.ClH/c1-10(2,3)14-9(13)12-7-5-11(4)6-8-12;/h5-8H2,1-4H3;1H/i4D3;. The SMILES string of the molecule is Cl.[2H]C([2H])([2H])N1CCN(C(=O)OC(C)(C)C)CC1. The van der Waals surface area contributed by atoms with Crippen LogP contribution < -0.4 is 0 Å². The summed E-state index contributed by atoms with van der Waals surface area (Å²) < 4.78 is 27.0. The van der Waals surface area contributed by atoms with E-state index in [1.54, 1.807) is 4.90 Å². The molecule has 0 aromatic heterocycles. The van der Waals surface area contributed by atoms with Crippen LogP contribution in [0.2, 0.25) is 0 Å². The van der Waals surface area contributed by atoms with E-state index >= 15 is 0 Å². The fourth-order valence-corrected chi connectivity index (χ4v) is 1.22. The molecule has 0 radical (unpaired) electrons. The highest BCUT2D eigenvalue weighted by atomic mass is 35.5. The Morgan fingerprint density at radius 2 is 1.80 bits per heavy atom. The van der Waals surface area contributed by atoms with Crippen molar-refractivity contribution in [3.8, 4) is 0 Å². The fraction of sp³-hybridized carbons (Fsp3) is 0.900. The van der Waals surface area contributed by atoms with E-state index in [0.29, 0.717) is 26.2 Å². The minimum atomic E-state index is -2.07. The van der Waals surface area contributed by atoms with Crippen LogP contribution in [0.25, 0.3) is 0 Å². The van der Waals surface area contributed by atoms with Crippen LogP contribution in [-0.4, -0.2) is 54.6 Å². The summed E-state index contributed by atoms with van der Waals surface area (Å²) in [5, 5.41) is 0. The van der Waals surface area contributed by atoms with Gasteiger partial charge in [0.15, 0.2) is 0 Å². The van der Waals surface area contributed by atoms with Gasteiger partial charge in [-0.3, -0.25) is 0 Å². The molecule has 0 unspecified atom stereocenters. The first-order valence-corrected chi connectivity index (χ1v) is 4.82. The van der Waals surface area contributed by atoms with Crippen molar-refractivity contribution in [1.82, 2.24) is 9.80 Å². The Morgan fingerprint density at radius 3 is 2.20 bits per heavy atom. The van der Waals surface area contributed by atoms with Crippen molar-refractivity contribution < 1.29 is 13.6 Å². The van der Waals surface area contributed by atoms with E-state index in [4.69, 9.17) is 8.85 Å². The first-order chi connectivity index (χ1) is 7.59. The molecule has 0 spiro atoms. The number of halogens is 1. The van der Waals surface area contributed by atoms with Gasteiger partial charge in [0.1, 0.15) is 5.60 Å². The molecule has 1 aliphatic heterocycles. The van der Waals surface area contributed by atoms with Crippen LogP contribution in [0, 0.1) is 0 Å². The summed E-state index contributed by atoms with van der Waals surface area (Å²) in [6.45, 7) is 4.86. The Kier molecular flexibility index (Phi) is 3.61. The van der Waals surface area contributed by atoms with Gasteiger partial charge in [-0.2, -0.15) is 0 Å². The molecule has 90 valence electrons. The number of rotatable bonds is 0. The molecular weight excluding hydrogens is 216 g/mol. The van der Waals surface area contributed by atoms with Crippen molar-refractivity contribution in [3.05, 3.63) is 0 Å². The van der Waals surface area contributed by atoms with Crippen molar-refractivity contribution in [2.24, 2.45) is 0 Å². The first kappa shape index (κ1) is 9.73. The molecule has 0 aliphatic carbocycles. The summed E-state index contributed by atoms with van der Waals surface area (Å²) in [6, 6.07) is 0. The van der Waals surface area contributed by atoms with Gasteiger partial charge >= 0.3 is 6.09 Å². The van der Waals surface area contributed by atoms with Gasteiger partial charge in [-0.25, -0.2) is 4.79 Å². The van der Waals surface area contributed by atoms with Gasteiger partial charge in [0.2, 0.25) is 0 Å². The highest BCUT2D eigenvalue weighted by Gasteiger charge is 2.24. The largest absolute Gasteiger partial charge is 0.444 e. The molecule has 0 bridgehead atoms. The fourth-order valence-electron chi connectivity index (χ4n) is 1.22. The molecule has 1 rings (SSSR count). The maximum atomic E-state index is 11.7. The number of amides is 1. The Balaban J connectivity index is 0.00000289. The Hall–Kier alpha value is -0.480. The van der Waals surface area contributed by atoms with E-state index in [0.717, 1.165) is 0 Å². The number of carbonyl (C=O) groups is 1. The second kappa shape index (κ2) is 5.56. The van der Waals surface area contributed by atoms with Crippen LogP contribution in [0.4, 0.5) is 4.79 Å². The molecule has 0 saturated carbocycles. The summed E-state index contributed by atoms with van der Waals surface area (Å²) >= 11 is 0. The molecule has 1 fully saturated rings. The highest BCUT2D eigenvalue weighted by molar-refractivity contribution is 5.85. The predicted octanol–water partition coefficient (Wildman–Crippen LogP) is 1.59. The van der Waals surface area contributed by atoms with Crippen LogP contribution in [0.5, 0.6) is 0 Å². The third-order valence-electron chi connectivity index (χ3n) is 1.93. The predicted molar refractivity (Wildman–Crippen MR) is 62.6 cm³/mol. The average molecular weight is 240 g/mol. The van der Waals surface area contributed by atoms with Crippen molar-refractivity contribution in [3.63, 3.8) is 0 Å². The Labute approximate surface area is 102 Å². The Bertz CT molecular complexity index is 284. The van der Waals surface area contributed by atoms with Crippen LogP contribution in [0.15, 0.2) is 0 Å². The summed E-state index contributed by atoms with van der Waals surface area (Å²) in [7, 11) is 0. The van der Waals surface area contributed by atoms with E-state index in [-0.39, 0.29) is 18.5 Å². The minimum Gasteiger partial charge on any atom is -0.444 e. The van der Waals surface area contributed by atoms with Gasteiger partial charge in [-0.05, 0) is 27.7 Å². The number of carbonyl (C=O) groups excluding carboxylic acids is 1. The van der Waals surface area contributed by atoms with E-state index in [2.05, 4.69) is 0 Å². The van der Waals surface area contributed by atoms with Crippen LogP contribution in [0.3, 0.4) is 0 Å². The van der Waals surface area contributed by atoms with E-state index in [9.17, 15) is 4.79 Å². The third kappa shape index (κ3) is 5.23.